The van der Waals surface area contributed by atoms with Crippen LogP contribution in [0.1, 0.15) is 25.0 Å². The summed E-state index contributed by atoms with van der Waals surface area (Å²) in [5.74, 6) is 1.40. The van der Waals surface area contributed by atoms with Crippen molar-refractivity contribution in [2.45, 2.75) is 19.3 Å². The van der Waals surface area contributed by atoms with Crippen LogP contribution in [0, 0.1) is 0 Å². The molecule has 1 aliphatic carbocycles. The van der Waals surface area contributed by atoms with Crippen LogP contribution in [0.15, 0.2) is 186 Å². The Hall–Kier alpha value is -7.50. The smallest absolute Gasteiger partial charge is 0.237 e. The van der Waals surface area contributed by atoms with Crippen LogP contribution in [0.3, 0.4) is 0 Å². The molecule has 58 heavy (non-hydrogen) atoms. The van der Waals surface area contributed by atoms with E-state index in [4.69, 9.17) is 14.4 Å². The van der Waals surface area contributed by atoms with Gasteiger partial charge in [0.25, 0.3) is 0 Å². The highest BCUT2D eigenvalue weighted by Crippen LogP contribution is 2.54. The van der Waals surface area contributed by atoms with Crippen molar-refractivity contribution in [3.63, 3.8) is 0 Å². The van der Waals surface area contributed by atoms with Gasteiger partial charge < -0.3 is 4.42 Å². The molecule has 0 radical (unpaired) electrons. The zero-order valence-corrected chi connectivity index (χ0v) is 32.0. The summed E-state index contributed by atoms with van der Waals surface area (Å²) in [6.45, 7) is 4.65. The molecule has 12 rings (SSSR count). The van der Waals surface area contributed by atoms with Gasteiger partial charge in [-0.25, -0.2) is 4.98 Å². The summed E-state index contributed by atoms with van der Waals surface area (Å²) in [4.78, 5) is 13.4. The third-order valence-electron chi connectivity index (χ3n) is 12.2. The van der Waals surface area contributed by atoms with Crippen LogP contribution in [0.4, 0.5) is 17.3 Å². The number of fused-ring (bicyclic) bond motifs is 11. The lowest BCUT2D eigenvalue weighted by Crippen LogP contribution is -2.17. The highest BCUT2D eigenvalue weighted by Gasteiger charge is 2.38. The molecule has 0 aliphatic heterocycles. The third kappa shape index (κ3) is 4.64. The molecule has 0 unspecified atom stereocenters. The fourth-order valence-electron chi connectivity index (χ4n) is 9.52. The van der Waals surface area contributed by atoms with E-state index in [2.05, 4.69) is 193 Å². The van der Waals surface area contributed by atoms with Crippen molar-refractivity contribution in [2.24, 2.45) is 0 Å². The van der Waals surface area contributed by atoms with Crippen LogP contribution in [0.25, 0.3) is 82.7 Å². The molecule has 0 amide bonds. The molecule has 8 aromatic carbocycles. The molecule has 3 aromatic heterocycles. The van der Waals surface area contributed by atoms with Gasteiger partial charge in [0.1, 0.15) is 11.2 Å². The first-order valence-electron chi connectivity index (χ1n) is 19.8. The Bertz CT molecular complexity index is 3430. The van der Waals surface area contributed by atoms with Gasteiger partial charge in [0, 0.05) is 38.2 Å². The highest BCUT2D eigenvalue weighted by molar-refractivity contribution is 6.24. The number of hydrogen-bond acceptors (Lipinski definition) is 4. The van der Waals surface area contributed by atoms with Crippen molar-refractivity contribution in [2.75, 3.05) is 4.90 Å². The maximum absolute atomic E-state index is 6.49. The average Bonchev–Trinajstić information content (AvgIpc) is 3.90. The summed E-state index contributed by atoms with van der Waals surface area (Å²) in [5, 5.41) is 5.41. The molecule has 5 heteroatoms. The predicted molar refractivity (Wildman–Crippen MR) is 239 cm³/mol. The Balaban J connectivity index is 1.19. The quantitative estimate of drug-likeness (QED) is 0.176. The first-order chi connectivity index (χ1) is 28.5. The van der Waals surface area contributed by atoms with E-state index in [0.717, 1.165) is 77.4 Å². The van der Waals surface area contributed by atoms with Gasteiger partial charge in [-0.15, -0.1) is 0 Å². The van der Waals surface area contributed by atoms with Gasteiger partial charge in [-0.3, -0.25) is 9.47 Å². The van der Waals surface area contributed by atoms with Gasteiger partial charge in [-0.2, -0.15) is 4.98 Å². The molecule has 11 aromatic rings. The maximum atomic E-state index is 6.49. The van der Waals surface area contributed by atoms with E-state index in [9.17, 15) is 0 Å². The number of hydrogen-bond donors (Lipinski definition) is 0. The van der Waals surface area contributed by atoms with Gasteiger partial charge >= 0.3 is 0 Å². The van der Waals surface area contributed by atoms with Gasteiger partial charge in [0.05, 0.1) is 27.6 Å². The standard InChI is InChI=1S/C53H36N4O/c1-53(2)41-21-10-6-18-38(41)48-42(53)22-14-25-45(48)56(35-29-27-34(28-30-35)33-15-4-3-5-16-33)52-54-43-23-11-7-19-39(43)51(55-52)57-44-24-12-8-17-36(44)37-31-32-47-49(50(37)57)40-20-9-13-26-46(40)58-47/h3-32H,1-2H3. The normalized spacial score (nSPS) is 13.1. The highest BCUT2D eigenvalue weighted by atomic mass is 16.3. The van der Waals surface area contributed by atoms with E-state index in [1.807, 2.05) is 12.1 Å². The molecule has 3 heterocycles. The second kappa shape index (κ2) is 12.2. The summed E-state index contributed by atoms with van der Waals surface area (Å²) in [6, 6.07) is 64.5. The van der Waals surface area contributed by atoms with Gasteiger partial charge in [0.15, 0.2) is 5.82 Å². The van der Waals surface area contributed by atoms with Crippen LogP contribution in [-0.2, 0) is 5.41 Å². The second-order valence-corrected chi connectivity index (χ2v) is 15.8. The number of furan rings is 1. The van der Waals surface area contributed by atoms with Crippen molar-refractivity contribution in [3.05, 3.63) is 193 Å². The Kier molecular flexibility index (Phi) is 6.91. The van der Waals surface area contributed by atoms with Crippen LogP contribution < -0.4 is 4.90 Å². The van der Waals surface area contributed by atoms with Crippen molar-refractivity contribution in [1.29, 1.82) is 0 Å². The summed E-state index contributed by atoms with van der Waals surface area (Å²) in [5.41, 5.74) is 13.9. The second-order valence-electron chi connectivity index (χ2n) is 15.8. The number of rotatable bonds is 5. The third-order valence-corrected chi connectivity index (χ3v) is 12.2. The number of para-hydroxylation sites is 3. The zero-order chi connectivity index (χ0) is 38.5. The number of nitrogens with zero attached hydrogens (tertiary/aromatic N) is 4. The lowest BCUT2D eigenvalue weighted by atomic mass is 9.82. The SMILES string of the molecule is CC1(C)c2ccccc2-c2c(N(c3ccc(-c4ccccc4)cc3)c3nc(-n4c5ccccc5c5ccc6oc7ccccc7c6c54)c4ccccc4n3)cccc21. The van der Waals surface area contributed by atoms with Crippen molar-refractivity contribution in [1.82, 2.24) is 14.5 Å². The Morgan fingerprint density at radius 2 is 1.21 bits per heavy atom. The van der Waals surface area contributed by atoms with Crippen LogP contribution in [0.5, 0.6) is 0 Å². The lowest BCUT2D eigenvalue weighted by molar-refractivity contribution is 0.660. The van der Waals surface area contributed by atoms with Crippen LogP contribution in [0.2, 0.25) is 0 Å². The first-order valence-corrected chi connectivity index (χ1v) is 19.8. The van der Waals surface area contributed by atoms with E-state index < -0.39 is 0 Å². The van der Waals surface area contributed by atoms with Gasteiger partial charge in [-0.1, -0.05) is 141 Å². The Labute approximate surface area is 335 Å². The molecule has 5 nitrogen and oxygen atoms in total. The number of benzene rings is 8. The average molecular weight is 745 g/mol. The topological polar surface area (TPSA) is 47.1 Å². The molecule has 0 saturated heterocycles. The van der Waals surface area contributed by atoms with E-state index in [0.29, 0.717) is 5.95 Å². The van der Waals surface area contributed by atoms with E-state index in [1.165, 1.54) is 27.8 Å². The van der Waals surface area contributed by atoms with E-state index in [-0.39, 0.29) is 5.41 Å². The minimum Gasteiger partial charge on any atom is -0.456 e. The summed E-state index contributed by atoms with van der Waals surface area (Å²) >= 11 is 0. The molecule has 0 fully saturated rings. The molecular formula is C53H36N4O. The van der Waals surface area contributed by atoms with E-state index in [1.54, 1.807) is 0 Å². The van der Waals surface area contributed by atoms with E-state index >= 15 is 0 Å². The zero-order valence-electron chi connectivity index (χ0n) is 32.0. The summed E-state index contributed by atoms with van der Waals surface area (Å²) in [6.07, 6.45) is 0. The van der Waals surface area contributed by atoms with Gasteiger partial charge in [-0.05, 0) is 82.4 Å². The number of aromatic nitrogens is 3. The molecule has 274 valence electrons. The fourth-order valence-corrected chi connectivity index (χ4v) is 9.52. The minimum absolute atomic E-state index is 0.179. The van der Waals surface area contributed by atoms with Crippen molar-refractivity contribution < 1.29 is 4.42 Å². The molecule has 0 saturated carbocycles. The summed E-state index contributed by atoms with van der Waals surface area (Å²) in [7, 11) is 0. The molecule has 0 atom stereocenters. The minimum atomic E-state index is -0.179. The lowest BCUT2D eigenvalue weighted by Gasteiger charge is -2.28. The van der Waals surface area contributed by atoms with Crippen LogP contribution >= 0.6 is 0 Å². The molecule has 0 N–H and O–H groups in total. The monoisotopic (exact) mass is 744 g/mol. The number of anilines is 3. The largest absolute Gasteiger partial charge is 0.456 e. The Morgan fingerprint density at radius 3 is 2.07 bits per heavy atom. The van der Waals surface area contributed by atoms with Crippen molar-refractivity contribution in [3.8, 4) is 28.1 Å². The fraction of sp³-hybridized carbons (Fsp3) is 0.0566. The summed E-state index contributed by atoms with van der Waals surface area (Å²) < 4.78 is 8.83. The molecular weight excluding hydrogens is 709 g/mol. The predicted octanol–water partition coefficient (Wildman–Crippen LogP) is 14.1. The first kappa shape index (κ1) is 32.7. The van der Waals surface area contributed by atoms with Gasteiger partial charge in [0.2, 0.25) is 5.95 Å². The Morgan fingerprint density at radius 1 is 0.517 bits per heavy atom. The van der Waals surface area contributed by atoms with Crippen LogP contribution in [-0.4, -0.2) is 14.5 Å². The maximum Gasteiger partial charge on any atom is 0.237 e. The molecule has 0 bridgehead atoms. The molecule has 0 spiro atoms. The molecule has 1 aliphatic rings. The van der Waals surface area contributed by atoms with Crippen molar-refractivity contribution >= 4 is 72.0 Å².